The molecule has 0 radical (unpaired) electrons. The Morgan fingerprint density at radius 1 is 1.09 bits per heavy atom. The predicted molar refractivity (Wildman–Crippen MR) is 90.2 cm³/mol. The van der Waals surface area contributed by atoms with Crippen LogP contribution in [0.25, 0.3) is 0 Å². The third kappa shape index (κ3) is 3.65. The molecule has 4 heteroatoms. The Bertz CT molecular complexity index is 684. The van der Waals surface area contributed by atoms with Gasteiger partial charge in [0.2, 0.25) is 0 Å². The van der Waals surface area contributed by atoms with E-state index in [2.05, 4.69) is 6.07 Å². The number of amides is 1. The highest BCUT2D eigenvalue weighted by Crippen LogP contribution is 2.27. The highest BCUT2D eigenvalue weighted by Gasteiger charge is 2.22. The molecule has 1 amide bonds. The third-order valence-electron chi connectivity index (χ3n) is 3.89. The molecule has 0 atom stereocenters. The van der Waals surface area contributed by atoms with E-state index >= 15 is 0 Å². The zero-order valence-corrected chi connectivity index (χ0v) is 13.3. The van der Waals surface area contributed by atoms with Gasteiger partial charge in [-0.1, -0.05) is 24.3 Å². The molecule has 0 aromatic heterocycles. The van der Waals surface area contributed by atoms with Crippen molar-refractivity contribution >= 4 is 11.6 Å². The van der Waals surface area contributed by atoms with Gasteiger partial charge in [-0.3, -0.25) is 4.79 Å². The number of ether oxygens (including phenoxy) is 2. The van der Waals surface area contributed by atoms with Crippen LogP contribution in [0.2, 0.25) is 0 Å². The molecule has 0 N–H and O–H groups in total. The van der Waals surface area contributed by atoms with E-state index in [1.807, 2.05) is 48.2 Å². The van der Waals surface area contributed by atoms with Gasteiger partial charge in [0.15, 0.2) is 6.61 Å². The summed E-state index contributed by atoms with van der Waals surface area (Å²) in [4.78, 5) is 14.3. The third-order valence-corrected chi connectivity index (χ3v) is 3.89. The van der Waals surface area contributed by atoms with Gasteiger partial charge in [0.25, 0.3) is 5.91 Å². The van der Waals surface area contributed by atoms with Crippen LogP contribution in [0.4, 0.5) is 5.69 Å². The second-order valence-corrected chi connectivity index (χ2v) is 5.47. The number of benzene rings is 2. The number of aryl methyl sites for hydroxylation is 1. The molecule has 0 aliphatic carbocycles. The van der Waals surface area contributed by atoms with Gasteiger partial charge in [0.1, 0.15) is 11.5 Å². The molecule has 23 heavy (non-hydrogen) atoms. The minimum absolute atomic E-state index is 0.0148. The maximum atomic E-state index is 12.5. The van der Waals surface area contributed by atoms with Crippen LogP contribution in [-0.2, 0) is 11.2 Å². The van der Waals surface area contributed by atoms with Gasteiger partial charge in [0, 0.05) is 18.3 Å². The van der Waals surface area contributed by atoms with Gasteiger partial charge in [-0.25, -0.2) is 0 Å². The summed E-state index contributed by atoms with van der Waals surface area (Å²) in [6.45, 7) is 3.32. The lowest BCUT2D eigenvalue weighted by Gasteiger charge is -2.29. The Kier molecular flexibility index (Phi) is 4.81. The first kappa shape index (κ1) is 15.4. The maximum Gasteiger partial charge on any atom is 0.264 e. The van der Waals surface area contributed by atoms with E-state index in [4.69, 9.17) is 9.47 Å². The molecule has 2 aromatic carbocycles. The average molecular weight is 311 g/mol. The van der Waals surface area contributed by atoms with E-state index in [0.717, 1.165) is 30.8 Å². The van der Waals surface area contributed by atoms with Crippen molar-refractivity contribution in [3.8, 4) is 11.5 Å². The van der Waals surface area contributed by atoms with Crippen LogP contribution >= 0.6 is 0 Å². The topological polar surface area (TPSA) is 38.8 Å². The highest BCUT2D eigenvalue weighted by molar-refractivity contribution is 5.95. The zero-order chi connectivity index (χ0) is 16.1. The van der Waals surface area contributed by atoms with Crippen molar-refractivity contribution < 1.29 is 14.3 Å². The van der Waals surface area contributed by atoms with Crippen molar-refractivity contribution in [3.63, 3.8) is 0 Å². The molecule has 120 valence electrons. The second kappa shape index (κ2) is 7.18. The molecule has 3 rings (SSSR count). The summed E-state index contributed by atoms with van der Waals surface area (Å²) >= 11 is 0. The van der Waals surface area contributed by atoms with E-state index in [9.17, 15) is 4.79 Å². The van der Waals surface area contributed by atoms with Crippen LogP contribution in [0.15, 0.2) is 48.5 Å². The number of anilines is 1. The van der Waals surface area contributed by atoms with Crippen LogP contribution in [0.5, 0.6) is 11.5 Å². The maximum absolute atomic E-state index is 12.5. The van der Waals surface area contributed by atoms with Crippen molar-refractivity contribution in [1.29, 1.82) is 0 Å². The van der Waals surface area contributed by atoms with Gasteiger partial charge in [-0.05, 0) is 43.5 Å². The lowest BCUT2D eigenvalue weighted by atomic mass is 10.0. The van der Waals surface area contributed by atoms with Gasteiger partial charge in [-0.2, -0.15) is 0 Å². The molecule has 1 aliphatic rings. The van der Waals surface area contributed by atoms with Crippen LogP contribution in [0.1, 0.15) is 18.9 Å². The molecule has 0 bridgehead atoms. The van der Waals surface area contributed by atoms with Crippen LogP contribution in [-0.4, -0.2) is 25.7 Å². The Hall–Kier alpha value is -2.49. The van der Waals surface area contributed by atoms with Crippen molar-refractivity contribution in [2.24, 2.45) is 0 Å². The molecule has 1 heterocycles. The first-order chi connectivity index (χ1) is 11.3. The quantitative estimate of drug-likeness (QED) is 0.849. The number of nitrogens with zero attached hydrogens (tertiary/aromatic N) is 1. The summed E-state index contributed by atoms with van der Waals surface area (Å²) in [5.41, 5.74) is 2.24. The summed E-state index contributed by atoms with van der Waals surface area (Å²) < 4.78 is 11.1. The van der Waals surface area contributed by atoms with Crippen LogP contribution in [0.3, 0.4) is 0 Å². The number of carbonyl (C=O) groups is 1. The van der Waals surface area contributed by atoms with E-state index < -0.39 is 0 Å². The Labute approximate surface area is 136 Å². The van der Waals surface area contributed by atoms with Crippen LogP contribution in [0, 0.1) is 0 Å². The number of fused-ring (bicyclic) bond motifs is 1. The van der Waals surface area contributed by atoms with Crippen molar-refractivity contribution in [2.45, 2.75) is 19.8 Å². The minimum Gasteiger partial charge on any atom is -0.494 e. The molecule has 0 spiro atoms. The largest absolute Gasteiger partial charge is 0.494 e. The number of para-hydroxylation sites is 1. The lowest BCUT2D eigenvalue weighted by Crippen LogP contribution is -2.38. The lowest BCUT2D eigenvalue weighted by molar-refractivity contribution is -0.120. The van der Waals surface area contributed by atoms with E-state index in [1.165, 1.54) is 5.56 Å². The molecular weight excluding hydrogens is 290 g/mol. The fourth-order valence-corrected chi connectivity index (χ4v) is 2.84. The average Bonchev–Trinajstić information content (AvgIpc) is 2.60. The molecule has 0 saturated carbocycles. The zero-order valence-electron chi connectivity index (χ0n) is 13.3. The highest BCUT2D eigenvalue weighted by atomic mass is 16.5. The smallest absolute Gasteiger partial charge is 0.264 e. The molecular formula is C19H21NO3. The Balaban J connectivity index is 1.65. The summed E-state index contributed by atoms with van der Waals surface area (Å²) in [6.07, 6.45) is 2.01. The van der Waals surface area contributed by atoms with Crippen molar-refractivity contribution in [1.82, 2.24) is 0 Å². The Morgan fingerprint density at radius 2 is 1.87 bits per heavy atom. The van der Waals surface area contributed by atoms with Gasteiger partial charge in [0.05, 0.1) is 6.61 Å². The fraction of sp³-hybridized carbons (Fsp3) is 0.316. The predicted octanol–water partition coefficient (Wildman–Crippen LogP) is 3.44. The molecule has 0 saturated heterocycles. The van der Waals surface area contributed by atoms with E-state index in [-0.39, 0.29) is 12.5 Å². The monoisotopic (exact) mass is 311 g/mol. The van der Waals surface area contributed by atoms with Crippen LogP contribution < -0.4 is 14.4 Å². The normalized spacial score (nSPS) is 13.3. The fourth-order valence-electron chi connectivity index (χ4n) is 2.84. The number of carbonyl (C=O) groups excluding carboxylic acids is 1. The summed E-state index contributed by atoms with van der Waals surface area (Å²) in [7, 11) is 0. The summed E-state index contributed by atoms with van der Waals surface area (Å²) in [5.74, 6) is 1.38. The number of hydrogen-bond acceptors (Lipinski definition) is 3. The van der Waals surface area contributed by atoms with Crippen molar-refractivity contribution in [2.75, 3.05) is 24.7 Å². The van der Waals surface area contributed by atoms with Crippen molar-refractivity contribution in [3.05, 3.63) is 54.1 Å². The molecule has 2 aromatic rings. The SMILES string of the molecule is CCOc1cccc(OCC(=O)N2CCCc3ccccc32)c1. The first-order valence-electron chi connectivity index (χ1n) is 8.02. The molecule has 0 fully saturated rings. The number of hydrogen-bond donors (Lipinski definition) is 0. The molecule has 4 nitrogen and oxygen atoms in total. The van der Waals surface area contributed by atoms with Gasteiger partial charge < -0.3 is 14.4 Å². The standard InChI is InChI=1S/C19H21NO3/c1-2-22-16-9-5-10-17(13-16)23-14-19(21)20-12-6-8-15-7-3-4-11-18(15)20/h3-5,7,9-11,13H,2,6,8,12,14H2,1H3. The van der Waals surface area contributed by atoms with E-state index in [0.29, 0.717) is 12.4 Å². The summed E-state index contributed by atoms with van der Waals surface area (Å²) in [6, 6.07) is 15.4. The molecule has 1 aliphatic heterocycles. The number of rotatable bonds is 5. The van der Waals surface area contributed by atoms with Gasteiger partial charge in [-0.15, -0.1) is 0 Å². The van der Waals surface area contributed by atoms with Gasteiger partial charge >= 0.3 is 0 Å². The molecule has 0 unspecified atom stereocenters. The van der Waals surface area contributed by atoms with E-state index in [1.54, 1.807) is 6.07 Å². The second-order valence-electron chi connectivity index (χ2n) is 5.47. The summed E-state index contributed by atoms with van der Waals surface area (Å²) in [5, 5.41) is 0. The first-order valence-corrected chi connectivity index (χ1v) is 8.02. The minimum atomic E-state index is -0.0148. The Morgan fingerprint density at radius 3 is 2.70 bits per heavy atom.